The Labute approximate surface area is 121 Å². The minimum absolute atomic E-state index is 0.134. The molecule has 0 saturated heterocycles. The molecule has 21 heavy (non-hydrogen) atoms. The number of Topliss-reactive ketones (excluding diaryl/α,β-unsaturated/α-hetero) is 1. The molecule has 1 aromatic heterocycles. The van der Waals surface area contributed by atoms with Gasteiger partial charge in [0.1, 0.15) is 5.76 Å². The Balaban J connectivity index is 2.03. The van der Waals surface area contributed by atoms with Crippen LogP contribution in [-0.2, 0) is 11.3 Å². The standard InChI is InChI=1S/C16H13NO4/c1-9-5-10(2)14-13(6-9)15(19)16(20)17(14)7-11-3-4-12(8-18)21-11/h3-6,8H,7H2,1-2H3. The van der Waals surface area contributed by atoms with Gasteiger partial charge in [0.15, 0.2) is 12.0 Å². The SMILES string of the molecule is Cc1cc(C)c2c(c1)C(=O)C(=O)N2Cc1ccc(C=O)o1. The van der Waals surface area contributed by atoms with Gasteiger partial charge >= 0.3 is 0 Å². The summed E-state index contributed by atoms with van der Waals surface area (Å²) in [5.41, 5.74) is 2.86. The third kappa shape index (κ3) is 2.07. The van der Waals surface area contributed by atoms with Crippen LogP contribution in [0, 0.1) is 13.8 Å². The molecule has 2 aromatic rings. The minimum atomic E-state index is -0.567. The van der Waals surface area contributed by atoms with Crippen molar-refractivity contribution in [3.05, 3.63) is 52.5 Å². The van der Waals surface area contributed by atoms with Crippen LogP contribution in [0.4, 0.5) is 5.69 Å². The largest absolute Gasteiger partial charge is 0.456 e. The van der Waals surface area contributed by atoms with Gasteiger partial charge in [-0.05, 0) is 43.2 Å². The van der Waals surface area contributed by atoms with Gasteiger partial charge < -0.3 is 4.42 Å². The summed E-state index contributed by atoms with van der Waals surface area (Å²) in [6.45, 7) is 3.88. The lowest BCUT2D eigenvalue weighted by molar-refractivity contribution is -0.114. The summed E-state index contributed by atoms with van der Waals surface area (Å²) in [6.07, 6.45) is 0.600. The Morgan fingerprint density at radius 3 is 2.62 bits per heavy atom. The molecule has 106 valence electrons. The molecule has 0 spiro atoms. The highest BCUT2D eigenvalue weighted by Crippen LogP contribution is 2.34. The highest BCUT2D eigenvalue weighted by atomic mass is 16.3. The van der Waals surface area contributed by atoms with Crippen LogP contribution in [0.15, 0.2) is 28.7 Å². The molecule has 0 aliphatic carbocycles. The number of hydrogen-bond donors (Lipinski definition) is 0. The van der Waals surface area contributed by atoms with Crippen molar-refractivity contribution in [2.45, 2.75) is 20.4 Å². The molecule has 1 aromatic carbocycles. The molecule has 0 radical (unpaired) electrons. The van der Waals surface area contributed by atoms with E-state index in [9.17, 15) is 14.4 Å². The molecule has 2 heterocycles. The number of carbonyl (C=O) groups is 3. The lowest BCUT2D eigenvalue weighted by atomic mass is 10.0. The van der Waals surface area contributed by atoms with E-state index in [-0.39, 0.29) is 12.3 Å². The monoisotopic (exact) mass is 283 g/mol. The fraction of sp³-hybridized carbons (Fsp3) is 0.188. The lowest BCUT2D eigenvalue weighted by Crippen LogP contribution is -2.29. The molecule has 0 unspecified atom stereocenters. The Morgan fingerprint density at radius 1 is 1.19 bits per heavy atom. The molecule has 5 nitrogen and oxygen atoms in total. The third-order valence-electron chi connectivity index (χ3n) is 3.51. The van der Waals surface area contributed by atoms with Crippen molar-refractivity contribution in [3.63, 3.8) is 0 Å². The number of carbonyl (C=O) groups excluding carboxylic acids is 3. The van der Waals surface area contributed by atoms with E-state index < -0.39 is 11.7 Å². The van der Waals surface area contributed by atoms with E-state index in [1.54, 1.807) is 12.1 Å². The third-order valence-corrected chi connectivity index (χ3v) is 3.51. The van der Waals surface area contributed by atoms with Gasteiger partial charge in [0, 0.05) is 0 Å². The van der Waals surface area contributed by atoms with Gasteiger partial charge in [-0.1, -0.05) is 6.07 Å². The summed E-state index contributed by atoms with van der Waals surface area (Å²) in [4.78, 5) is 36.3. The zero-order chi connectivity index (χ0) is 15.1. The van der Waals surface area contributed by atoms with E-state index in [4.69, 9.17) is 4.42 Å². The zero-order valence-electron chi connectivity index (χ0n) is 11.7. The highest BCUT2D eigenvalue weighted by Gasteiger charge is 2.37. The van der Waals surface area contributed by atoms with Crippen molar-refractivity contribution in [1.29, 1.82) is 0 Å². The van der Waals surface area contributed by atoms with E-state index in [1.807, 2.05) is 19.9 Å². The molecule has 0 saturated carbocycles. The van der Waals surface area contributed by atoms with Gasteiger partial charge in [-0.25, -0.2) is 0 Å². The van der Waals surface area contributed by atoms with Gasteiger partial charge in [0.25, 0.3) is 11.7 Å². The van der Waals surface area contributed by atoms with Crippen LogP contribution >= 0.6 is 0 Å². The number of amides is 1. The molecule has 0 N–H and O–H groups in total. The van der Waals surface area contributed by atoms with Gasteiger partial charge in [0.05, 0.1) is 17.8 Å². The van der Waals surface area contributed by atoms with Gasteiger partial charge in [-0.2, -0.15) is 0 Å². The molecule has 3 rings (SSSR count). The molecule has 1 amide bonds. The van der Waals surface area contributed by atoms with E-state index >= 15 is 0 Å². The van der Waals surface area contributed by atoms with Crippen LogP contribution in [0.1, 0.15) is 37.8 Å². The number of rotatable bonds is 3. The van der Waals surface area contributed by atoms with Crippen LogP contribution in [0.2, 0.25) is 0 Å². The van der Waals surface area contributed by atoms with Crippen molar-refractivity contribution >= 4 is 23.7 Å². The van der Waals surface area contributed by atoms with Gasteiger partial charge in [-0.15, -0.1) is 0 Å². The predicted molar refractivity (Wildman–Crippen MR) is 75.5 cm³/mol. The summed E-state index contributed by atoms with van der Waals surface area (Å²) in [7, 11) is 0. The smallest absolute Gasteiger partial charge is 0.299 e. The molecule has 0 atom stereocenters. The van der Waals surface area contributed by atoms with E-state index in [1.165, 1.54) is 11.0 Å². The maximum absolute atomic E-state index is 12.2. The van der Waals surface area contributed by atoms with Crippen LogP contribution in [0.3, 0.4) is 0 Å². The van der Waals surface area contributed by atoms with Crippen LogP contribution in [0.25, 0.3) is 0 Å². The van der Waals surface area contributed by atoms with Crippen molar-refractivity contribution in [2.24, 2.45) is 0 Å². The van der Waals surface area contributed by atoms with E-state index in [0.29, 0.717) is 23.3 Å². The van der Waals surface area contributed by atoms with Crippen LogP contribution < -0.4 is 4.90 Å². The van der Waals surface area contributed by atoms with Crippen LogP contribution in [0.5, 0.6) is 0 Å². The summed E-state index contributed by atoms with van der Waals surface area (Å²) in [6, 6.07) is 6.81. The predicted octanol–water partition coefficient (Wildman–Crippen LogP) is 2.44. The second-order valence-electron chi connectivity index (χ2n) is 5.12. The van der Waals surface area contributed by atoms with Gasteiger partial charge in [-0.3, -0.25) is 19.3 Å². The van der Waals surface area contributed by atoms with E-state index in [2.05, 4.69) is 0 Å². The average molecular weight is 283 g/mol. The number of anilines is 1. The van der Waals surface area contributed by atoms with Gasteiger partial charge in [0.2, 0.25) is 0 Å². The quantitative estimate of drug-likeness (QED) is 0.641. The molecule has 0 fully saturated rings. The molecule has 5 heteroatoms. The van der Waals surface area contributed by atoms with Crippen molar-refractivity contribution < 1.29 is 18.8 Å². The Kier molecular flexibility index (Phi) is 2.97. The molecular weight excluding hydrogens is 270 g/mol. The number of ketones is 1. The Hall–Kier alpha value is -2.69. The van der Waals surface area contributed by atoms with Crippen molar-refractivity contribution in [2.75, 3.05) is 4.90 Å². The number of nitrogens with zero attached hydrogens (tertiary/aromatic N) is 1. The summed E-state index contributed by atoms with van der Waals surface area (Å²) in [5, 5.41) is 0. The first-order valence-electron chi connectivity index (χ1n) is 6.52. The molecule has 1 aliphatic rings. The Bertz CT molecular complexity index is 773. The fourth-order valence-electron chi connectivity index (χ4n) is 2.68. The fourth-order valence-corrected chi connectivity index (χ4v) is 2.68. The topological polar surface area (TPSA) is 67.6 Å². The first-order chi connectivity index (χ1) is 10.0. The number of hydrogen-bond acceptors (Lipinski definition) is 4. The number of furan rings is 1. The second-order valence-corrected chi connectivity index (χ2v) is 5.12. The minimum Gasteiger partial charge on any atom is -0.456 e. The first-order valence-corrected chi connectivity index (χ1v) is 6.52. The summed E-state index contributed by atoms with van der Waals surface area (Å²) < 4.78 is 5.28. The number of aldehydes is 1. The average Bonchev–Trinajstić information content (AvgIpc) is 2.98. The number of aryl methyl sites for hydroxylation is 2. The Morgan fingerprint density at radius 2 is 1.95 bits per heavy atom. The maximum Gasteiger partial charge on any atom is 0.299 e. The maximum atomic E-state index is 12.2. The second kappa shape index (κ2) is 4.70. The summed E-state index contributed by atoms with van der Waals surface area (Å²) in [5.74, 6) is -0.406. The van der Waals surface area contributed by atoms with Crippen molar-refractivity contribution in [1.82, 2.24) is 0 Å². The van der Waals surface area contributed by atoms with Crippen LogP contribution in [-0.4, -0.2) is 18.0 Å². The first kappa shape index (κ1) is 13.3. The molecule has 0 bridgehead atoms. The van der Waals surface area contributed by atoms with Crippen molar-refractivity contribution in [3.8, 4) is 0 Å². The zero-order valence-corrected chi connectivity index (χ0v) is 11.7. The normalized spacial score (nSPS) is 13.7. The lowest BCUT2D eigenvalue weighted by Gasteiger charge is -2.17. The highest BCUT2D eigenvalue weighted by molar-refractivity contribution is 6.52. The van der Waals surface area contributed by atoms with E-state index in [0.717, 1.165) is 11.1 Å². The number of benzene rings is 1. The number of fused-ring (bicyclic) bond motifs is 1. The molecule has 1 aliphatic heterocycles. The molecular formula is C16H13NO4. The summed E-state index contributed by atoms with van der Waals surface area (Å²) >= 11 is 0.